The van der Waals surface area contributed by atoms with E-state index in [-0.39, 0.29) is 0 Å². The van der Waals surface area contributed by atoms with E-state index < -0.39 is 0 Å². The number of rotatable bonds is 1. The molecule has 1 N–H and O–H groups in total. The van der Waals surface area contributed by atoms with E-state index in [1.807, 2.05) is 0 Å². The lowest BCUT2D eigenvalue weighted by Gasteiger charge is -2.47. The summed E-state index contributed by atoms with van der Waals surface area (Å²) in [6.07, 6.45) is 5.53. The van der Waals surface area contributed by atoms with E-state index >= 15 is 0 Å². The van der Waals surface area contributed by atoms with Gasteiger partial charge in [-0.15, -0.1) is 0 Å². The summed E-state index contributed by atoms with van der Waals surface area (Å²) in [5.74, 6) is 0. The molecule has 2 nitrogen and oxygen atoms in total. The van der Waals surface area contributed by atoms with Crippen LogP contribution >= 0.6 is 0 Å². The second-order valence-electron chi connectivity index (χ2n) is 5.55. The van der Waals surface area contributed by atoms with Gasteiger partial charge in [0.25, 0.3) is 0 Å². The standard InChI is InChI=1S/C12H23NO/c1-5-12(11(2,3)4)8-6-10(13-14)7-9-12/h14H,5-9H2,1-4H3. The van der Waals surface area contributed by atoms with E-state index in [1.54, 1.807) is 0 Å². The summed E-state index contributed by atoms with van der Waals surface area (Å²) in [6.45, 7) is 9.28. The van der Waals surface area contributed by atoms with Gasteiger partial charge in [0, 0.05) is 0 Å². The fourth-order valence-corrected chi connectivity index (χ4v) is 2.75. The van der Waals surface area contributed by atoms with Crippen LogP contribution in [0.15, 0.2) is 5.16 Å². The molecule has 1 fully saturated rings. The summed E-state index contributed by atoms with van der Waals surface area (Å²) in [5.41, 5.74) is 1.79. The first-order chi connectivity index (χ1) is 6.45. The van der Waals surface area contributed by atoms with Crippen LogP contribution in [-0.2, 0) is 0 Å². The van der Waals surface area contributed by atoms with Gasteiger partial charge < -0.3 is 5.21 Å². The van der Waals surface area contributed by atoms with E-state index in [0.29, 0.717) is 10.8 Å². The van der Waals surface area contributed by atoms with Crippen LogP contribution in [-0.4, -0.2) is 10.9 Å². The highest BCUT2D eigenvalue weighted by Crippen LogP contribution is 2.51. The van der Waals surface area contributed by atoms with Crippen molar-refractivity contribution >= 4 is 5.71 Å². The van der Waals surface area contributed by atoms with Crippen LogP contribution in [0, 0.1) is 10.8 Å². The van der Waals surface area contributed by atoms with Gasteiger partial charge in [-0.05, 0) is 42.9 Å². The highest BCUT2D eigenvalue weighted by Gasteiger charge is 2.41. The molecule has 0 heterocycles. The highest BCUT2D eigenvalue weighted by molar-refractivity contribution is 5.84. The number of hydrogen-bond donors (Lipinski definition) is 1. The molecule has 0 amide bonds. The Morgan fingerprint density at radius 2 is 1.79 bits per heavy atom. The molecule has 0 radical (unpaired) electrons. The lowest BCUT2D eigenvalue weighted by Crippen LogP contribution is -2.38. The van der Waals surface area contributed by atoms with Gasteiger partial charge in [-0.1, -0.05) is 32.9 Å². The van der Waals surface area contributed by atoms with E-state index in [9.17, 15) is 0 Å². The molecule has 1 rings (SSSR count). The van der Waals surface area contributed by atoms with E-state index in [0.717, 1.165) is 18.6 Å². The molecule has 14 heavy (non-hydrogen) atoms. The monoisotopic (exact) mass is 197 g/mol. The van der Waals surface area contributed by atoms with Crippen molar-refractivity contribution in [2.45, 2.75) is 59.8 Å². The Kier molecular flexibility index (Phi) is 3.23. The predicted octanol–water partition coefficient (Wildman–Crippen LogP) is 3.83. The molecule has 0 spiro atoms. The van der Waals surface area contributed by atoms with E-state index in [1.165, 1.54) is 19.3 Å². The topological polar surface area (TPSA) is 32.6 Å². The largest absolute Gasteiger partial charge is 0.411 e. The van der Waals surface area contributed by atoms with Crippen LogP contribution < -0.4 is 0 Å². The second-order valence-corrected chi connectivity index (χ2v) is 5.55. The van der Waals surface area contributed by atoms with Crippen molar-refractivity contribution in [2.24, 2.45) is 16.0 Å². The van der Waals surface area contributed by atoms with Gasteiger partial charge in [0.2, 0.25) is 0 Å². The molecule has 1 aliphatic carbocycles. The molecule has 1 saturated carbocycles. The van der Waals surface area contributed by atoms with Gasteiger partial charge in [-0.25, -0.2) is 0 Å². The third-order valence-corrected chi connectivity index (χ3v) is 4.19. The van der Waals surface area contributed by atoms with E-state index in [2.05, 4.69) is 32.9 Å². The molecule has 0 unspecified atom stereocenters. The summed E-state index contributed by atoms with van der Waals surface area (Å²) in [4.78, 5) is 0. The predicted molar refractivity (Wildman–Crippen MR) is 59.9 cm³/mol. The third kappa shape index (κ3) is 1.94. The van der Waals surface area contributed by atoms with Crippen LogP contribution in [0.4, 0.5) is 0 Å². The summed E-state index contributed by atoms with van der Waals surface area (Å²) in [5, 5.41) is 12.1. The maximum absolute atomic E-state index is 8.72. The van der Waals surface area contributed by atoms with Crippen molar-refractivity contribution in [3.63, 3.8) is 0 Å². The smallest absolute Gasteiger partial charge is 0.0571 e. The lowest BCUT2D eigenvalue weighted by atomic mass is 9.58. The zero-order valence-corrected chi connectivity index (χ0v) is 9.93. The second kappa shape index (κ2) is 3.92. The Hall–Kier alpha value is -0.530. The molecule has 0 aliphatic heterocycles. The van der Waals surface area contributed by atoms with Gasteiger partial charge in [0.05, 0.1) is 5.71 Å². The number of oxime groups is 1. The van der Waals surface area contributed by atoms with Gasteiger partial charge in [0.1, 0.15) is 0 Å². The van der Waals surface area contributed by atoms with Crippen molar-refractivity contribution in [3.05, 3.63) is 0 Å². The summed E-state index contributed by atoms with van der Waals surface area (Å²) >= 11 is 0. The first kappa shape index (κ1) is 11.5. The van der Waals surface area contributed by atoms with Crippen molar-refractivity contribution in [1.29, 1.82) is 0 Å². The SMILES string of the molecule is CCC1(C(C)(C)C)CCC(=NO)CC1. The van der Waals surface area contributed by atoms with Gasteiger partial charge in [0.15, 0.2) is 0 Å². The average Bonchev–Trinajstić information content (AvgIpc) is 2.16. The molecule has 0 bridgehead atoms. The first-order valence-corrected chi connectivity index (χ1v) is 5.65. The quantitative estimate of drug-likeness (QED) is 0.503. The summed E-state index contributed by atoms with van der Waals surface area (Å²) in [6, 6.07) is 0. The summed E-state index contributed by atoms with van der Waals surface area (Å²) < 4.78 is 0. The first-order valence-electron chi connectivity index (χ1n) is 5.65. The Bertz CT molecular complexity index is 215. The normalized spacial score (nSPS) is 29.0. The zero-order valence-electron chi connectivity index (χ0n) is 9.93. The summed E-state index contributed by atoms with van der Waals surface area (Å²) in [7, 11) is 0. The Labute approximate surface area is 87.4 Å². The molecule has 0 atom stereocenters. The van der Waals surface area contributed by atoms with Crippen LogP contribution in [0.1, 0.15) is 59.8 Å². The third-order valence-electron chi connectivity index (χ3n) is 4.19. The number of nitrogens with zero attached hydrogens (tertiary/aromatic N) is 1. The zero-order chi connectivity index (χ0) is 10.8. The Morgan fingerprint density at radius 1 is 1.29 bits per heavy atom. The van der Waals surface area contributed by atoms with Crippen LogP contribution in [0.3, 0.4) is 0 Å². The van der Waals surface area contributed by atoms with Crippen LogP contribution in [0.5, 0.6) is 0 Å². The molecule has 82 valence electrons. The highest BCUT2D eigenvalue weighted by atomic mass is 16.4. The number of hydrogen-bond acceptors (Lipinski definition) is 2. The molecule has 0 aromatic carbocycles. The minimum absolute atomic E-state index is 0.364. The van der Waals surface area contributed by atoms with Crippen LogP contribution in [0.2, 0.25) is 0 Å². The fraction of sp³-hybridized carbons (Fsp3) is 0.917. The molecule has 0 aromatic rings. The van der Waals surface area contributed by atoms with Gasteiger partial charge >= 0.3 is 0 Å². The van der Waals surface area contributed by atoms with Gasteiger partial charge in [-0.2, -0.15) is 0 Å². The van der Waals surface area contributed by atoms with E-state index in [4.69, 9.17) is 5.21 Å². The molecular weight excluding hydrogens is 174 g/mol. The lowest BCUT2D eigenvalue weighted by molar-refractivity contribution is 0.0544. The maximum Gasteiger partial charge on any atom is 0.0571 e. The fourth-order valence-electron chi connectivity index (χ4n) is 2.75. The van der Waals surface area contributed by atoms with Crippen molar-refractivity contribution in [2.75, 3.05) is 0 Å². The van der Waals surface area contributed by atoms with Gasteiger partial charge in [-0.3, -0.25) is 0 Å². The van der Waals surface area contributed by atoms with Crippen molar-refractivity contribution in [1.82, 2.24) is 0 Å². The molecule has 2 heteroatoms. The van der Waals surface area contributed by atoms with Crippen LogP contribution in [0.25, 0.3) is 0 Å². The molecule has 1 aliphatic rings. The Balaban J connectivity index is 2.76. The average molecular weight is 197 g/mol. The van der Waals surface area contributed by atoms with Crippen molar-refractivity contribution < 1.29 is 5.21 Å². The molecule has 0 saturated heterocycles. The minimum atomic E-state index is 0.364. The Morgan fingerprint density at radius 3 is 2.07 bits per heavy atom. The molecular formula is C12H23NO. The molecule has 0 aromatic heterocycles. The van der Waals surface area contributed by atoms with Crippen molar-refractivity contribution in [3.8, 4) is 0 Å². The minimum Gasteiger partial charge on any atom is -0.411 e. The maximum atomic E-state index is 8.72.